The van der Waals surface area contributed by atoms with Crippen molar-refractivity contribution in [3.05, 3.63) is 93.6 Å². The number of benzene rings is 3. The van der Waals surface area contributed by atoms with Crippen molar-refractivity contribution < 1.29 is 23.4 Å². The zero-order valence-electron chi connectivity index (χ0n) is 19.6. The fourth-order valence-corrected chi connectivity index (χ4v) is 3.52. The highest BCUT2D eigenvalue weighted by Crippen LogP contribution is 2.32. The van der Waals surface area contributed by atoms with E-state index >= 15 is 0 Å². The molecule has 3 aromatic carbocycles. The normalized spacial score (nSPS) is 11.0. The van der Waals surface area contributed by atoms with Crippen LogP contribution in [0.5, 0.6) is 11.5 Å². The van der Waals surface area contributed by atoms with Gasteiger partial charge in [-0.15, -0.1) is 0 Å². The van der Waals surface area contributed by atoms with Crippen LogP contribution in [0.3, 0.4) is 0 Å². The largest absolute Gasteiger partial charge is 0.497 e. The Balaban J connectivity index is 1.68. The molecule has 0 radical (unpaired) electrons. The number of hydrogen-bond acceptors (Lipinski definition) is 6. The molecule has 0 atom stereocenters. The number of methoxy groups -OCH3 is 1. The molecule has 0 aliphatic heterocycles. The summed E-state index contributed by atoms with van der Waals surface area (Å²) in [4.78, 5) is 25.4. The molecule has 1 aromatic heterocycles. The van der Waals surface area contributed by atoms with Crippen molar-refractivity contribution in [1.29, 1.82) is 0 Å². The molecule has 6 heteroatoms. The van der Waals surface area contributed by atoms with Crippen molar-refractivity contribution >= 4 is 16.9 Å². The second kappa shape index (κ2) is 9.83. The molecule has 0 aliphatic carbocycles. The summed E-state index contributed by atoms with van der Waals surface area (Å²) in [5, 5.41) is 0.449. The van der Waals surface area contributed by atoms with Crippen LogP contribution in [0.1, 0.15) is 35.3 Å². The maximum atomic E-state index is 13.4. The van der Waals surface area contributed by atoms with Crippen LogP contribution in [0.4, 0.5) is 0 Å². The number of hydrogen-bond donors (Lipinski definition) is 0. The Hall–Kier alpha value is -4.06. The number of carbonyl (C=O) groups excluding carboxylic acids is 1. The smallest absolute Gasteiger partial charge is 0.338 e. The molecule has 4 rings (SSSR count). The van der Waals surface area contributed by atoms with Crippen molar-refractivity contribution in [3.63, 3.8) is 0 Å². The lowest BCUT2D eigenvalue weighted by Crippen LogP contribution is -2.12. The minimum absolute atomic E-state index is 0.129. The Kier molecular flexibility index (Phi) is 6.68. The monoisotopic (exact) mass is 458 g/mol. The maximum Gasteiger partial charge on any atom is 0.338 e. The standard InChI is InChI=1S/C28H26O6/c1-17(2)33-28(30)21-8-6-19(7-9-21)16-32-27-25(29)23-14-5-18(3)15-24(23)34-26(27)20-10-12-22(31-4)13-11-20/h5-15,17H,16H2,1-4H3. The lowest BCUT2D eigenvalue weighted by molar-refractivity contribution is 0.0378. The number of carbonyl (C=O) groups is 1. The van der Waals surface area contributed by atoms with Crippen molar-refractivity contribution in [2.24, 2.45) is 0 Å². The summed E-state index contributed by atoms with van der Waals surface area (Å²) in [5.74, 6) is 0.795. The Bertz CT molecular complexity index is 1370. The van der Waals surface area contributed by atoms with E-state index in [0.717, 1.165) is 11.1 Å². The third kappa shape index (κ3) is 4.96. The quantitative estimate of drug-likeness (QED) is 0.320. The van der Waals surface area contributed by atoms with Crippen LogP contribution in [-0.4, -0.2) is 19.2 Å². The molecule has 34 heavy (non-hydrogen) atoms. The summed E-state index contributed by atoms with van der Waals surface area (Å²) in [6.45, 7) is 5.68. The second-order valence-electron chi connectivity index (χ2n) is 8.26. The maximum absolute atomic E-state index is 13.4. The van der Waals surface area contributed by atoms with E-state index in [0.29, 0.717) is 33.6 Å². The van der Waals surface area contributed by atoms with Gasteiger partial charge in [0.1, 0.15) is 17.9 Å². The first-order chi connectivity index (χ1) is 16.4. The van der Waals surface area contributed by atoms with E-state index in [1.165, 1.54) is 0 Å². The van der Waals surface area contributed by atoms with Crippen molar-refractivity contribution in [1.82, 2.24) is 0 Å². The summed E-state index contributed by atoms with van der Waals surface area (Å²) < 4.78 is 22.6. The molecular weight excluding hydrogens is 432 g/mol. The van der Waals surface area contributed by atoms with Crippen molar-refractivity contribution in [2.45, 2.75) is 33.5 Å². The first kappa shape index (κ1) is 23.1. The fourth-order valence-electron chi connectivity index (χ4n) is 3.52. The predicted molar refractivity (Wildman–Crippen MR) is 131 cm³/mol. The van der Waals surface area contributed by atoms with Crippen LogP contribution < -0.4 is 14.9 Å². The van der Waals surface area contributed by atoms with E-state index in [1.54, 1.807) is 63.4 Å². The molecule has 0 aliphatic rings. The van der Waals surface area contributed by atoms with Gasteiger partial charge in [-0.05, 0) is 80.4 Å². The van der Waals surface area contributed by atoms with E-state index in [9.17, 15) is 9.59 Å². The third-order valence-electron chi connectivity index (χ3n) is 5.27. The summed E-state index contributed by atoms with van der Waals surface area (Å²) in [7, 11) is 1.59. The lowest BCUT2D eigenvalue weighted by atomic mass is 10.1. The van der Waals surface area contributed by atoms with Gasteiger partial charge in [0, 0.05) is 5.56 Å². The number of aryl methyl sites for hydroxylation is 1. The molecular formula is C28H26O6. The minimum atomic E-state index is -0.380. The van der Waals surface area contributed by atoms with E-state index in [4.69, 9.17) is 18.6 Å². The highest BCUT2D eigenvalue weighted by molar-refractivity contribution is 5.89. The lowest BCUT2D eigenvalue weighted by Gasteiger charge is -2.13. The molecule has 0 unspecified atom stereocenters. The first-order valence-corrected chi connectivity index (χ1v) is 11.0. The van der Waals surface area contributed by atoms with Gasteiger partial charge >= 0.3 is 5.97 Å². The second-order valence-corrected chi connectivity index (χ2v) is 8.26. The average molecular weight is 459 g/mol. The molecule has 0 saturated heterocycles. The Morgan fingerprint density at radius 1 is 0.971 bits per heavy atom. The van der Waals surface area contributed by atoms with Crippen LogP contribution in [0.2, 0.25) is 0 Å². The predicted octanol–water partition coefficient (Wildman–Crippen LogP) is 5.92. The molecule has 0 bridgehead atoms. The molecule has 0 N–H and O–H groups in total. The molecule has 174 valence electrons. The van der Waals surface area contributed by atoms with Crippen LogP contribution in [0, 0.1) is 6.92 Å². The molecule has 6 nitrogen and oxygen atoms in total. The Morgan fingerprint density at radius 3 is 2.32 bits per heavy atom. The SMILES string of the molecule is COc1ccc(-c2oc3cc(C)ccc3c(=O)c2OCc2ccc(C(=O)OC(C)C)cc2)cc1. The van der Waals surface area contributed by atoms with Gasteiger partial charge in [-0.3, -0.25) is 4.79 Å². The van der Waals surface area contributed by atoms with Gasteiger partial charge in [0.15, 0.2) is 5.76 Å². The zero-order chi connectivity index (χ0) is 24.2. The summed E-state index contributed by atoms with van der Waals surface area (Å²) in [6, 6.07) is 19.6. The van der Waals surface area contributed by atoms with Gasteiger partial charge in [0.05, 0.1) is 24.2 Å². The van der Waals surface area contributed by atoms with E-state index < -0.39 is 0 Å². The molecule has 4 aromatic rings. The molecule has 0 fully saturated rings. The van der Waals surface area contributed by atoms with Crippen LogP contribution in [-0.2, 0) is 11.3 Å². The highest BCUT2D eigenvalue weighted by atomic mass is 16.5. The van der Waals surface area contributed by atoms with Crippen molar-refractivity contribution in [2.75, 3.05) is 7.11 Å². The molecule has 1 heterocycles. The number of ether oxygens (including phenoxy) is 3. The van der Waals surface area contributed by atoms with Crippen LogP contribution in [0.15, 0.2) is 75.9 Å². The van der Waals surface area contributed by atoms with Crippen LogP contribution >= 0.6 is 0 Å². The fraction of sp³-hybridized carbons (Fsp3) is 0.214. The highest BCUT2D eigenvalue weighted by Gasteiger charge is 2.18. The molecule has 0 spiro atoms. The zero-order valence-corrected chi connectivity index (χ0v) is 19.6. The minimum Gasteiger partial charge on any atom is -0.497 e. The average Bonchev–Trinajstić information content (AvgIpc) is 2.83. The molecule has 0 amide bonds. The summed E-state index contributed by atoms with van der Waals surface area (Å²) in [5.41, 5.74) is 3.19. The van der Waals surface area contributed by atoms with Crippen LogP contribution in [0.25, 0.3) is 22.3 Å². The number of fused-ring (bicyclic) bond motifs is 1. The number of rotatable bonds is 7. The van der Waals surface area contributed by atoms with Crippen molar-refractivity contribution in [3.8, 4) is 22.8 Å². The van der Waals surface area contributed by atoms with E-state index in [-0.39, 0.29) is 29.9 Å². The van der Waals surface area contributed by atoms with E-state index in [2.05, 4.69) is 0 Å². The number of esters is 1. The van der Waals surface area contributed by atoms with Gasteiger partial charge in [0.25, 0.3) is 0 Å². The van der Waals surface area contributed by atoms with Gasteiger partial charge < -0.3 is 18.6 Å². The first-order valence-electron chi connectivity index (χ1n) is 11.0. The van der Waals surface area contributed by atoms with Gasteiger partial charge in [-0.1, -0.05) is 18.2 Å². The topological polar surface area (TPSA) is 75.0 Å². The summed E-state index contributed by atoms with van der Waals surface area (Å²) >= 11 is 0. The Labute approximate surface area is 197 Å². The molecule has 0 saturated carbocycles. The van der Waals surface area contributed by atoms with Gasteiger partial charge in [0.2, 0.25) is 11.2 Å². The summed E-state index contributed by atoms with van der Waals surface area (Å²) in [6.07, 6.45) is -0.192. The third-order valence-corrected chi connectivity index (χ3v) is 5.27. The van der Waals surface area contributed by atoms with Gasteiger partial charge in [-0.2, -0.15) is 0 Å². The Morgan fingerprint density at radius 2 is 1.68 bits per heavy atom. The van der Waals surface area contributed by atoms with Gasteiger partial charge in [-0.25, -0.2) is 4.79 Å². The van der Waals surface area contributed by atoms with E-state index in [1.807, 2.05) is 31.2 Å².